The van der Waals surface area contributed by atoms with Crippen LogP contribution in [-0.2, 0) is 9.53 Å². The van der Waals surface area contributed by atoms with Gasteiger partial charge in [0.25, 0.3) is 0 Å². The molecule has 1 saturated heterocycles. The van der Waals surface area contributed by atoms with E-state index in [1.165, 1.54) is 32.1 Å². The Kier molecular flexibility index (Phi) is 5.01. The third-order valence-electron chi connectivity index (χ3n) is 4.60. The lowest BCUT2D eigenvalue weighted by molar-refractivity contribution is -0.136. The van der Waals surface area contributed by atoms with Gasteiger partial charge in [0.2, 0.25) is 5.91 Å². The van der Waals surface area contributed by atoms with Crippen molar-refractivity contribution in [2.24, 2.45) is 17.1 Å². The second kappa shape index (κ2) is 6.53. The molecule has 0 radical (unpaired) electrons. The molecule has 0 bridgehead atoms. The number of nitrogens with two attached hydrogens (primary N) is 1. The van der Waals surface area contributed by atoms with E-state index in [0.29, 0.717) is 25.7 Å². The number of hydrogen-bond acceptors (Lipinski definition) is 3. The minimum Gasteiger partial charge on any atom is -0.381 e. The molecule has 2 fully saturated rings. The molecule has 3 N–H and O–H groups in total. The zero-order chi connectivity index (χ0) is 12.8. The zero-order valence-corrected chi connectivity index (χ0v) is 11.2. The number of ether oxygens (including phenoxy) is 1. The maximum Gasteiger partial charge on any atom is 0.227 e. The van der Waals surface area contributed by atoms with Gasteiger partial charge >= 0.3 is 0 Å². The molecule has 104 valence electrons. The lowest BCUT2D eigenvalue weighted by Crippen LogP contribution is -2.50. The predicted octanol–water partition coefficient (Wildman–Crippen LogP) is 1.44. The van der Waals surface area contributed by atoms with Gasteiger partial charge in [-0.2, -0.15) is 0 Å². The van der Waals surface area contributed by atoms with Crippen molar-refractivity contribution in [2.75, 3.05) is 26.3 Å². The second-order valence-electron chi connectivity index (χ2n) is 5.81. The molecule has 4 heteroatoms. The fraction of sp³-hybridized carbons (Fsp3) is 0.929. The Morgan fingerprint density at radius 2 is 1.89 bits per heavy atom. The number of rotatable bonds is 4. The fourth-order valence-electron chi connectivity index (χ4n) is 3.10. The van der Waals surface area contributed by atoms with Crippen molar-refractivity contribution in [1.29, 1.82) is 0 Å². The van der Waals surface area contributed by atoms with E-state index in [1.54, 1.807) is 0 Å². The van der Waals surface area contributed by atoms with Gasteiger partial charge < -0.3 is 15.8 Å². The summed E-state index contributed by atoms with van der Waals surface area (Å²) < 4.78 is 5.34. The minimum absolute atomic E-state index is 0.152. The standard InChI is InChI=1S/C14H26N2O2/c15-11-14(6-8-18-9-7-14)13(17)16-10-12-4-2-1-3-5-12/h12H,1-11,15H2,(H,16,17). The molecule has 1 aliphatic heterocycles. The van der Waals surface area contributed by atoms with E-state index in [2.05, 4.69) is 5.32 Å². The summed E-state index contributed by atoms with van der Waals surface area (Å²) in [7, 11) is 0. The van der Waals surface area contributed by atoms with Crippen molar-refractivity contribution in [1.82, 2.24) is 5.32 Å². The Labute approximate surface area is 110 Å². The first-order valence-corrected chi connectivity index (χ1v) is 7.33. The third kappa shape index (κ3) is 3.23. The highest BCUT2D eigenvalue weighted by Crippen LogP contribution is 2.30. The van der Waals surface area contributed by atoms with Crippen molar-refractivity contribution in [2.45, 2.75) is 44.9 Å². The Morgan fingerprint density at radius 1 is 1.22 bits per heavy atom. The number of carbonyl (C=O) groups is 1. The minimum atomic E-state index is -0.368. The van der Waals surface area contributed by atoms with Crippen molar-refractivity contribution in [3.05, 3.63) is 0 Å². The van der Waals surface area contributed by atoms with Gasteiger partial charge in [0.05, 0.1) is 5.41 Å². The molecule has 0 aromatic heterocycles. The van der Waals surface area contributed by atoms with Crippen LogP contribution in [0.25, 0.3) is 0 Å². The molecule has 2 rings (SSSR count). The lowest BCUT2D eigenvalue weighted by Gasteiger charge is -2.35. The van der Waals surface area contributed by atoms with Crippen molar-refractivity contribution in [3.8, 4) is 0 Å². The van der Waals surface area contributed by atoms with Crippen LogP contribution >= 0.6 is 0 Å². The smallest absolute Gasteiger partial charge is 0.227 e. The summed E-state index contributed by atoms with van der Waals surface area (Å²) in [5.74, 6) is 0.830. The van der Waals surface area contributed by atoms with Gasteiger partial charge in [-0.3, -0.25) is 4.79 Å². The average molecular weight is 254 g/mol. The highest BCUT2D eigenvalue weighted by Gasteiger charge is 2.38. The molecular formula is C14H26N2O2. The highest BCUT2D eigenvalue weighted by atomic mass is 16.5. The topological polar surface area (TPSA) is 64.4 Å². The summed E-state index contributed by atoms with van der Waals surface area (Å²) >= 11 is 0. The van der Waals surface area contributed by atoms with Crippen LogP contribution < -0.4 is 11.1 Å². The summed E-state index contributed by atoms with van der Waals surface area (Å²) in [5.41, 5.74) is 5.46. The van der Waals surface area contributed by atoms with E-state index in [-0.39, 0.29) is 11.3 Å². The molecule has 0 aromatic rings. The molecule has 0 spiro atoms. The summed E-state index contributed by atoms with van der Waals surface area (Å²) in [6.45, 7) is 2.59. The Bertz CT molecular complexity index is 269. The summed E-state index contributed by atoms with van der Waals surface area (Å²) in [6.07, 6.45) is 8.04. The maximum atomic E-state index is 12.3. The van der Waals surface area contributed by atoms with E-state index in [1.807, 2.05) is 0 Å². The van der Waals surface area contributed by atoms with Crippen LogP contribution in [0.5, 0.6) is 0 Å². The van der Waals surface area contributed by atoms with Crippen molar-refractivity contribution in [3.63, 3.8) is 0 Å². The first-order chi connectivity index (χ1) is 8.77. The molecule has 4 nitrogen and oxygen atoms in total. The fourth-order valence-corrected chi connectivity index (χ4v) is 3.10. The summed E-state index contributed by atoms with van der Waals surface area (Å²) in [6, 6.07) is 0. The normalized spacial score (nSPS) is 24.7. The predicted molar refractivity (Wildman–Crippen MR) is 71.1 cm³/mol. The van der Waals surface area contributed by atoms with E-state index in [4.69, 9.17) is 10.5 Å². The molecule has 1 amide bonds. The van der Waals surface area contributed by atoms with Gasteiger partial charge in [-0.1, -0.05) is 19.3 Å². The molecule has 0 unspecified atom stereocenters. The van der Waals surface area contributed by atoms with Gasteiger partial charge in [-0.15, -0.1) is 0 Å². The SMILES string of the molecule is NCC1(C(=O)NCC2CCCCC2)CCOCC1. The highest BCUT2D eigenvalue weighted by molar-refractivity contribution is 5.83. The monoisotopic (exact) mass is 254 g/mol. The molecule has 1 saturated carbocycles. The van der Waals surface area contributed by atoms with Crippen LogP contribution in [0.15, 0.2) is 0 Å². The quantitative estimate of drug-likeness (QED) is 0.798. The number of carbonyl (C=O) groups excluding carboxylic acids is 1. The van der Waals surface area contributed by atoms with Crippen LogP contribution in [0.2, 0.25) is 0 Å². The van der Waals surface area contributed by atoms with Crippen LogP contribution in [0, 0.1) is 11.3 Å². The molecular weight excluding hydrogens is 228 g/mol. The summed E-state index contributed by atoms with van der Waals surface area (Å²) in [5, 5.41) is 3.14. The maximum absolute atomic E-state index is 12.3. The summed E-state index contributed by atoms with van der Waals surface area (Å²) in [4.78, 5) is 12.3. The largest absolute Gasteiger partial charge is 0.381 e. The average Bonchev–Trinajstić information content (AvgIpc) is 2.46. The van der Waals surface area contributed by atoms with Crippen LogP contribution in [0.1, 0.15) is 44.9 Å². The number of hydrogen-bond donors (Lipinski definition) is 2. The van der Waals surface area contributed by atoms with E-state index < -0.39 is 0 Å². The molecule has 0 aromatic carbocycles. The lowest BCUT2D eigenvalue weighted by atomic mass is 9.79. The zero-order valence-electron chi connectivity index (χ0n) is 11.2. The van der Waals surface area contributed by atoms with Gasteiger partial charge in [0.15, 0.2) is 0 Å². The van der Waals surface area contributed by atoms with Gasteiger partial charge in [0.1, 0.15) is 0 Å². The third-order valence-corrected chi connectivity index (χ3v) is 4.60. The Morgan fingerprint density at radius 3 is 2.50 bits per heavy atom. The van der Waals surface area contributed by atoms with Crippen molar-refractivity contribution < 1.29 is 9.53 Å². The number of amides is 1. The molecule has 1 aliphatic carbocycles. The molecule has 2 aliphatic rings. The van der Waals surface area contributed by atoms with E-state index in [0.717, 1.165) is 19.4 Å². The van der Waals surface area contributed by atoms with Crippen molar-refractivity contribution >= 4 is 5.91 Å². The van der Waals surface area contributed by atoms with E-state index in [9.17, 15) is 4.79 Å². The first kappa shape index (κ1) is 13.8. The van der Waals surface area contributed by atoms with Crippen LogP contribution in [-0.4, -0.2) is 32.2 Å². The van der Waals surface area contributed by atoms with Crippen LogP contribution in [0.3, 0.4) is 0 Å². The second-order valence-corrected chi connectivity index (χ2v) is 5.81. The Hall–Kier alpha value is -0.610. The molecule has 1 heterocycles. The van der Waals surface area contributed by atoms with Crippen LogP contribution in [0.4, 0.5) is 0 Å². The Balaban J connectivity index is 1.81. The number of nitrogens with one attached hydrogen (secondary N) is 1. The van der Waals surface area contributed by atoms with Gasteiger partial charge in [-0.25, -0.2) is 0 Å². The molecule has 0 atom stereocenters. The first-order valence-electron chi connectivity index (χ1n) is 7.33. The van der Waals surface area contributed by atoms with E-state index >= 15 is 0 Å². The van der Waals surface area contributed by atoms with Gasteiger partial charge in [0, 0.05) is 26.3 Å². The molecule has 18 heavy (non-hydrogen) atoms. The van der Waals surface area contributed by atoms with Gasteiger partial charge in [-0.05, 0) is 31.6 Å².